The molecule has 3 aromatic heterocycles. The van der Waals surface area contributed by atoms with E-state index in [-0.39, 0.29) is 0 Å². The quantitative estimate of drug-likeness (QED) is 0.159. The lowest BCUT2D eigenvalue weighted by Crippen LogP contribution is -2.10. The van der Waals surface area contributed by atoms with Crippen LogP contribution in [0.5, 0.6) is 0 Å². The second kappa shape index (κ2) is 15.5. The van der Waals surface area contributed by atoms with Gasteiger partial charge in [-0.15, -0.1) is 11.3 Å². The summed E-state index contributed by atoms with van der Waals surface area (Å²) in [5.41, 5.74) is 15.5. The first-order chi connectivity index (χ1) is 33.7. The van der Waals surface area contributed by atoms with Crippen LogP contribution in [0.15, 0.2) is 247 Å². The number of nitrogens with zero attached hydrogens (tertiary/aromatic N) is 2. The topological polar surface area (TPSA) is 21.3 Å². The molecular weight excluding hydrogens is 845 g/mol. The zero-order chi connectivity index (χ0) is 44.7. The van der Waals surface area contributed by atoms with E-state index in [1.54, 1.807) is 0 Å². The van der Waals surface area contributed by atoms with E-state index in [1.807, 2.05) is 17.4 Å². The SMILES string of the molecule is c1cc(-c2cccc3c2oc2ccccc23)cc(N(c2ccc(-c3ccc4ccccc4c3)cc2)c2ccc(-c3ccccc3-n3c4ccccc4c4ccccc43)c3sc4ccccc4c23)c1. The van der Waals surface area contributed by atoms with Gasteiger partial charge in [0.2, 0.25) is 0 Å². The van der Waals surface area contributed by atoms with Gasteiger partial charge in [-0.2, -0.15) is 0 Å². The van der Waals surface area contributed by atoms with Gasteiger partial charge in [0.25, 0.3) is 0 Å². The van der Waals surface area contributed by atoms with Gasteiger partial charge in [0.05, 0.1) is 22.4 Å². The fraction of sp³-hybridized carbons (Fsp3) is 0. The summed E-state index contributed by atoms with van der Waals surface area (Å²) in [6.07, 6.45) is 0. The number of anilines is 3. The van der Waals surface area contributed by atoms with E-state index in [0.717, 1.165) is 55.8 Å². The summed E-state index contributed by atoms with van der Waals surface area (Å²) in [4.78, 5) is 2.45. The molecule has 0 aliphatic carbocycles. The van der Waals surface area contributed by atoms with Crippen LogP contribution < -0.4 is 4.90 Å². The van der Waals surface area contributed by atoms with Crippen LogP contribution in [-0.2, 0) is 0 Å². The molecule has 0 saturated carbocycles. The highest BCUT2D eigenvalue weighted by Gasteiger charge is 2.24. The van der Waals surface area contributed by atoms with Crippen molar-refractivity contribution in [2.75, 3.05) is 4.90 Å². The number of furan rings is 1. The van der Waals surface area contributed by atoms with Crippen molar-refractivity contribution in [2.45, 2.75) is 0 Å². The highest BCUT2D eigenvalue weighted by molar-refractivity contribution is 7.26. The van der Waals surface area contributed by atoms with Crippen molar-refractivity contribution >= 4 is 103 Å². The standard InChI is InChI=1S/C64H40N2OS/c1-2-16-43-39-44(32-31-41(43)15-1)42-33-35-46(36-34-42)65(47-18-13-17-45(40-47)48-24-14-25-53-52-22-6-11-29-60(52)67-63(48)53)59-38-37-54(64-62(59)55-23-7-12-30-61(55)68-64)51-21-5-10-28-58(51)66-56-26-8-3-19-49(56)50-20-4-9-27-57(50)66/h1-40H. The molecule has 0 amide bonds. The molecule has 0 spiro atoms. The number of hydrogen-bond acceptors (Lipinski definition) is 3. The lowest BCUT2D eigenvalue weighted by Gasteiger charge is -2.28. The molecule has 68 heavy (non-hydrogen) atoms. The smallest absolute Gasteiger partial charge is 0.143 e. The van der Waals surface area contributed by atoms with Crippen molar-refractivity contribution in [2.24, 2.45) is 0 Å². The number of para-hydroxylation sites is 5. The molecule has 4 heteroatoms. The van der Waals surface area contributed by atoms with Crippen LogP contribution in [0.25, 0.3) is 114 Å². The Balaban J connectivity index is 0.994. The Morgan fingerprint density at radius 2 is 1.03 bits per heavy atom. The molecule has 14 aromatic rings. The van der Waals surface area contributed by atoms with Crippen molar-refractivity contribution in [1.29, 1.82) is 0 Å². The third-order valence-corrected chi connectivity index (χ3v) is 15.0. The van der Waals surface area contributed by atoms with Crippen LogP contribution in [0.2, 0.25) is 0 Å². The van der Waals surface area contributed by atoms with Crippen LogP contribution in [-0.4, -0.2) is 4.57 Å². The molecule has 0 radical (unpaired) electrons. The van der Waals surface area contributed by atoms with Gasteiger partial charge in [-0.1, -0.05) is 176 Å². The summed E-state index contributed by atoms with van der Waals surface area (Å²) in [5, 5.41) is 9.68. The number of fused-ring (bicyclic) bond motifs is 10. The molecule has 0 atom stereocenters. The summed E-state index contributed by atoms with van der Waals surface area (Å²) >= 11 is 1.87. The van der Waals surface area contributed by atoms with Crippen LogP contribution in [0.4, 0.5) is 17.1 Å². The zero-order valence-electron chi connectivity index (χ0n) is 36.8. The van der Waals surface area contributed by atoms with Crippen molar-refractivity contribution < 1.29 is 4.42 Å². The molecule has 0 aliphatic rings. The number of thiophene rings is 1. The molecule has 0 N–H and O–H groups in total. The van der Waals surface area contributed by atoms with Crippen molar-refractivity contribution in [1.82, 2.24) is 4.57 Å². The molecule has 0 aliphatic heterocycles. The zero-order valence-corrected chi connectivity index (χ0v) is 37.6. The van der Waals surface area contributed by atoms with Gasteiger partial charge in [-0.25, -0.2) is 0 Å². The minimum absolute atomic E-state index is 0.894. The van der Waals surface area contributed by atoms with E-state index >= 15 is 0 Å². The Bertz CT molecular complexity index is 4230. The molecule has 3 heterocycles. The summed E-state index contributed by atoms with van der Waals surface area (Å²) in [6, 6.07) is 88.2. The predicted octanol–water partition coefficient (Wildman–Crippen LogP) is 18.7. The third kappa shape index (κ3) is 6.05. The number of rotatable bonds is 7. The van der Waals surface area contributed by atoms with Crippen LogP contribution in [0.1, 0.15) is 0 Å². The lowest BCUT2D eigenvalue weighted by molar-refractivity contribution is 0.670. The number of hydrogen-bond donors (Lipinski definition) is 0. The Labute approximate surface area is 396 Å². The maximum atomic E-state index is 6.61. The molecule has 318 valence electrons. The highest BCUT2D eigenvalue weighted by Crippen LogP contribution is 2.50. The molecule has 0 unspecified atom stereocenters. The van der Waals surface area contributed by atoms with E-state index in [4.69, 9.17) is 4.42 Å². The summed E-state index contributed by atoms with van der Waals surface area (Å²) < 4.78 is 11.6. The van der Waals surface area contributed by atoms with Crippen molar-refractivity contribution in [3.63, 3.8) is 0 Å². The van der Waals surface area contributed by atoms with Gasteiger partial charge < -0.3 is 13.9 Å². The first-order valence-electron chi connectivity index (χ1n) is 23.2. The third-order valence-electron chi connectivity index (χ3n) is 13.8. The first kappa shape index (κ1) is 38.6. The summed E-state index contributed by atoms with van der Waals surface area (Å²) in [6.45, 7) is 0. The largest absolute Gasteiger partial charge is 0.455 e. The van der Waals surface area contributed by atoms with Gasteiger partial charge in [-0.3, -0.25) is 0 Å². The Kier molecular flexibility index (Phi) is 8.76. The monoisotopic (exact) mass is 884 g/mol. The van der Waals surface area contributed by atoms with Gasteiger partial charge in [0, 0.05) is 69.8 Å². The second-order valence-corrected chi connectivity index (χ2v) is 18.6. The van der Waals surface area contributed by atoms with E-state index in [2.05, 4.69) is 246 Å². The average molecular weight is 885 g/mol. The fourth-order valence-corrected chi connectivity index (χ4v) is 11.9. The van der Waals surface area contributed by atoms with E-state index < -0.39 is 0 Å². The first-order valence-corrected chi connectivity index (χ1v) is 24.0. The minimum Gasteiger partial charge on any atom is -0.455 e. The van der Waals surface area contributed by atoms with Crippen molar-refractivity contribution in [3.05, 3.63) is 243 Å². The van der Waals surface area contributed by atoms with Crippen LogP contribution in [0.3, 0.4) is 0 Å². The van der Waals surface area contributed by atoms with Crippen LogP contribution in [0, 0.1) is 0 Å². The highest BCUT2D eigenvalue weighted by atomic mass is 32.1. The minimum atomic E-state index is 0.894. The van der Waals surface area contributed by atoms with Crippen LogP contribution >= 0.6 is 11.3 Å². The lowest BCUT2D eigenvalue weighted by atomic mass is 9.97. The molecule has 0 fully saturated rings. The maximum Gasteiger partial charge on any atom is 0.143 e. The van der Waals surface area contributed by atoms with Gasteiger partial charge in [0.1, 0.15) is 11.2 Å². The molecule has 14 rings (SSSR count). The normalized spacial score (nSPS) is 11.8. The summed E-state index contributed by atoms with van der Waals surface area (Å²) in [5.74, 6) is 0. The maximum absolute atomic E-state index is 6.61. The van der Waals surface area contributed by atoms with E-state index in [0.29, 0.717) is 0 Å². The molecule has 0 bridgehead atoms. The average Bonchev–Trinajstić information content (AvgIpc) is 4.09. The van der Waals surface area contributed by atoms with Gasteiger partial charge >= 0.3 is 0 Å². The Morgan fingerprint density at radius 3 is 1.87 bits per heavy atom. The fourth-order valence-electron chi connectivity index (χ4n) is 10.7. The number of aromatic nitrogens is 1. The molecule has 11 aromatic carbocycles. The van der Waals surface area contributed by atoms with Crippen molar-refractivity contribution in [3.8, 4) is 39.1 Å². The van der Waals surface area contributed by atoms with E-state index in [9.17, 15) is 0 Å². The Morgan fingerprint density at radius 1 is 0.382 bits per heavy atom. The van der Waals surface area contributed by atoms with E-state index in [1.165, 1.54) is 75.0 Å². The predicted molar refractivity (Wildman–Crippen MR) is 289 cm³/mol. The summed E-state index contributed by atoms with van der Waals surface area (Å²) in [7, 11) is 0. The number of benzene rings is 11. The molecular formula is C64H40N2OS. The molecule has 3 nitrogen and oxygen atoms in total. The molecule has 0 saturated heterocycles. The second-order valence-electron chi connectivity index (χ2n) is 17.6. The van der Waals surface area contributed by atoms with Gasteiger partial charge in [0.15, 0.2) is 0 Å². The Hall–Kier alpha value is -8.70. The van der Waals surface area contributed by atoms with Gasteiger partial charge in [-0.05, 0) is 94.2 Å².